The molecule has 14 nitrogen and oxygen atoms in total. The minimum absolute atomic E-state index is 0. The Morgan fingerprint density at radius 1 is 0.472 bits per heavy atom. The molecule has 0 aliphatic carbocycles. The normalized spacial score (nSPS) is 9.85. The number of carbonyl (C=O) groups is 8. The fourth-order valence-corrected chi connectivity index (χ4v) is 4.32. The predicted molar refractivity (Wildman–Crippen MR) is 204 cm³/mol. The number of ether oxygens (including phenoxy) is 2. The van der Waals surface area contributed by atoms with Gasteiger partial charge in [0, 0.05) is 51.6 Å². The van der Waals surface area contributed by atoms with Gasteiger partial charge >= 0.3 is 11.9 Å². The predicted octanol–water partition coefficient (Wildman–Crippen LogP) is 5.41. The zero-order valence-electron chi connectivity index (χ0n) is 31.1. The van der Waals surface area contributed by atoms with Crippen LogP contribution in [0, 0.1) is 0 Å². The van der Waals surface area contributed by atoms with Gasteiger partial charge in [-0.15, -0.1) is 0 Å². The van der Waals surface area contributed by atoms with Gasteiger partial charge < -0.3 is 30.3 Å². The summed E-state index contributed by atoms with van der Waals surface area (Å²) in [6.07, 6.45) is 14.1. The van der Waals surface area contributed by atoms with Crippen LogP contribution in [0.1, 0.15) is 150 Å². The number of rotatable bonds is 31. The number of hydrogen-bond donors (Lipinski definition) is 4. The number of unbranched alkanes of at least 4 members (excludes halogenated alkanes) is 9. The van der Waals surface area contributed by atoms with E-state index in [1.165, 1.54) is 0 Å². The zero-order valence-corrected chi connectivity index (χ0v) is 32.6. The van der Waals surface area contributed by atoms with Crippen LogP contribution in [-0.4, -0.2) is 95.5 Å². The molecule has 0 heterocycles. The molecule has 0 radical (unpaired) electrons. The van der Waals surface area contributed by atoms with Crippen LogP contribution < -0.4 is 10.6 Å². The average molecular weight is 802 g/mol. The van der Waals surface area contributed by atoms with Crippen LogP contribution in [-0.2, 0) is 47.8 Å². The van der Waals surface area contributed by atoms with Gasteiger partial charge in [-0.2, -0.15) is 0 Å². The number of ketones is 2. The van der Waals surface area contributed by atoms with Gasteiger partial charge in [-0.3, -0.25) is 38.4 Å². The highest BCUT2D eigenvalue weighted by atomic mass is 35.5. The van der Waals surface area contributed by atoms with E-state index >= 15 is 0 Å². The van der Waals surface area contributed by atoms with E-state index in [0.717, 1.165) is 70.6 Å². The second-order valence-electron chi connectivity index (χ2n) is 11.9. The first-order valence-electron chi connectivity index (χ1n) is 18.3. The van der Waals surface area contributed by atoms with Crippen molar-refractivity contribution in [3.8, 4) is 0 Å². The number of Topliss-reactive ketones (excluding diaryl/α,β-unsaturated/α-hetero) is 2. The number of aliphatic hydroxyl groups is 2. The number of carbonyl (C=O) groups excluding carboxylic acids is 8. The van der Waals surface area contributed by atoms with E-state index in [-0.39, 0.29) is 73.1 Å². The first kappa shape index (κ1) is 56.8. The molecule has 0 fully saturated rings. The summed E-state index contributed by atoms with van der Waals surface area (Å²) in [7, 11) is 0. The van der Waals surface area contributed by atoms with E-state index in [1.807, 2.05) is 13.8 Å². The van der Waals surface area contributed by atoms with E-state index in [1.54, 1.807) is 0 Å². The van der Waals surface area contributed by atoms with Crippen LogP contribution >= 0.6 is 23.2 Å². The monoisotopic (exact) mass is 800 g/mol. The standard InChI is InChI=1S/C19H33NO6.C11H21NO4.C6H8Cl2O2.CH4/c1-3-10-18(23)25-14-16(21)12-8-6-5-7-9-13-20-17(22)15-26-19(24)11-4-2;13-8-10(15)6-4-2-1-3-5-7-12-11(16)9-14;7-5(9)3-1-2-4-6(8)10;/h3-15H2,1-2H3,(H,20,22);13-14H,1-9H2,(H,12,16);1-4H2;1H4. The summed E-state index contributed by atoms with van der Waals surface area (Å²) in [5, 5.41) is 21.5. The van der Waals surface area contributed by atoms with Gasteiger partial charge in [-0.25, -0.2) is 0 Å². The van der Waals surface area contributed by atoms with Crippen molar-refractivity contribution in [3.63, 3.8) is 0 Å². The third-order valence-electron chi connectivity index (χ3n) is 6.89. The molecule has 0 rings (SSSR count). The van der Waals surface area contributed by atoms with Crippen LogP contribution in [0.2, 0.25) is 0 Å². The molecule has 16 heteroatoms. The Morgan fingerprint density at radius 2 is 0.849 bits per heavy atom. The minimum atomic E-state index is -0.455. The molecule has 310 valence electrons. The summed E-state index contributed by atoms with van der Waals surface area (Å²) in [5.41, 5.74) is 0. The highest BCUT2D eigenvalue weighted by Gasteiger charge is 2.08. The van der Waals surface area contributed by atoms with E-state index in [9.17, 15) is 38.4 Å². The lowest BCUT2D eigenvalue weighted by molar-refractivity contribution is -0.148. The fraction of sp³-hybridized carbons (Fsp3) is 0.784. The number of amides is 2. The van der Waals surface area contributed by atoms with E-state index < -0.39 is 6.61 Å². The van der Waals surface area contributed by atoms with Gasteiger partial charge in [0.2, 0.25) is 16.4 Å². The zero-order chi connectivity index (χ0) is 39.8. The Labute approximate surface area is 326 Å². The summed E-state index contributed by atoms with van der Waals surface area (Å²) in [6.45, 7) is 3.76. The lowest BCUT2D eigenvalue weighted by atomic mass is 10.1. The molecule has 0 saturated heterocycles. The molecule has 4 N–H and O–H groups in total. The summed E-state index contributed by atoms with van der Waals surface area (Å²) >= 11 is 10.1. The van der Waals surface area contributed by atoms with Gasteiger partial charge in [0.1, 0.15) is 19.8 Å². The van der Waals surface area contributed by atoms with E-state index in [2.05, 4.69) is 10.6 Å². The Hall–Kier alpha value is -2.94. The van der Waals surface area contributed by atoms with Crippen LogP contribution in [0.25, 0.3) is 0 Å². The summed E-state index contributed by atoms with van der Waals surface area (Å²) in [6, 6.07) is 0. The van der Waals surface area contributed by atoms with Crippen molar-refractivity contribution >= 4 is 69.0 Å². The number of aliphatic hydroxyl groups excluding tert-OH is 2. The second kappa shape index (κ2) is 43.5. The maximum Gasteiger partial charge on any atom is 0.306 e. The first-order valence-corrected chi connectivity index (χ1v) is 19.0. The van der Waals surface area contributed by atoms with Crippen molar-refractivity contribution in [2.24, 2.45) is 0 Å². The molecule has 0 saturated carbocycles. The van der Waals surface area contributed by atoms with Crippen molar-refractivity contribution in [2.45, 2.75) is 150 Å². The third kappa shape index (κ3) is 51.2. The Balaban J connectivity index is -0.000000377. The largest absolute Gasteiger partial charge is 0.458 e. The Morgan fingerprint density at radius 3 is 1.26 bits per heavy atom. The van der Waals surface area contributed by atoms with Gasteiger partial charge in [0.05, 0.1) is 0 Å². The third-order valence-corrected chi connectivity index (χ3v) is 7.27. The smallest absolute Gasteiger partial charge is 0.306 e. The lowest BCUT2D eigenvalue weighted by Crippen LogP contribution is -2.29. The molecule has 53 heavy (non-hydrogen) atoms. The Bertz CT molecular complexity index is 934. The summed E-state index contributed by atoms with van der Waals surface area (Å²) < 4.78 is 9.68. The van der Waals surface area contributed by atoms with Crippen molar-refractivity contribution in [3.05, 3.63) is 0 Å². The molecule has 0 aromatic heterocycles. The van der Waals surface area contributed by atoms with Gasteiger partial charge in [-0.1, -0.05) is 59.8 Å². The van der Waals surface area contributed by atoms with Crippen molar-refractivity contribution in [1.82, 2.24) is 10.6 Å². The van der Waals surface area contributed by atoms with Crippen molar-refractivity contribution in [1.29, 1.82) is 0 Å². The number of hydrogen-bond acceptors (Lipinski definition) is 12. The molecule has 0 aliphatic rings. The molecule has 0 aromatic rings. The van der Waals surface area contributed by atoms with E-state index in [4.69, 9.17) is 42.9 Å². The molecular formula is C37H66Cl2N2O12. The van der Waals surface area contributed by atoms with Crippen LogP contribution in [0.3, 0.4) is 0 Å². The first-order chi connectivity index (χ1) is 24.8. The topological polar surface area (TPSA) is 220 Å². The molecule has 0 atom stereocenters. The molecule has 0 unspecified atom stereocenters. The van der Waals surface area contributed by atoms with Gasteiger partial charge in [0.15, 0.2) is 18.2 Å². The lowest BCUT2D eigenvalue weighted by Gasteiger charge is -2.06. The molecule has 2 amide bonds. The van der Waals surface area contributed by atoms with E-state index in [0.29, 0.717) is 70.9 Å². The number of nitrogens with one attached hydrogen (secondary N) is 2. The minimum Gasteiger partial charge on any atom is -0.458 e. The maximum absolute atomic E-state index is 11.6. The quantitative estimate of drug-likeness (QED) is 0.0393. The molecule has 0 spiro atoms. The fourth-order valence-electron chi connectivity index (χ4n) is 4.06. The summed E-state index contributed by atoms with van der Waals surface area (Å²) in [4.78, 5) is 86.9. The molecule has 0 aromatic carbocycles. The van der Waals surface area contributed by atoms with Crippen molar-refractivity contribution < 1.29 is 58.0 Å². The van der Waals surface area contributed by atoms with Crippen LogP contribution in [0.5, 0.6) is 0 Å². The second-order valence-corrected chi connectivity index (χ2v) is 12.7. The van der Waals surface area contributed by atoms with Gasteiger partial charge in [0.25, 0.3) is 5.91 Å². The Kier molecular flexibility index (Phi) is 46.6. The van der Waals surface area contributed by atoms with Gasteiger partial charge in [-0.05, 0) is 74.6 Å². The highest BCUT2D eigenvalue weighted by molar-refractivity contribution is 6.63. The summed E-state index contributed by atoms with van der Waals surface area (Å²) in [5.74, 6) is -1.43. The van der Waals surface area contributed by atoms with Crippen molar-refractivity contribution in [2.75, 3.05) is 39.5 Å². The maximum atomic E-state index is 11.6. The average Bonchev–Trinajstić information content (AvgIpc) is 3.11. The number of halogens is 2. The molecule has 0 bridgehead atoms. The van der Waals surface area contributed by atoms with Crippen LogP contribution in [0.15, 0.2) is 0 Å². The number of esters is 2. The molecular weight excluding hydrogens is 735 g/mol. The molecule has 0 aliphatic heterocycles. The SMILES string of the molecule is C.CCCC(=O)OCC(=O)CCCCCCCNC(=O)COC(=O)CCC.O=C(CO)CCCCCCCNC(=O)CO.O=C(Cl)CCCCC(=O)Cl. The highest BCUT2D eigenvalue weighted by Crippen LogP contribution is 2.07. The van der Waals surface area contributed by atoms with Crippen LogP contribution in [0.4, 0.5) is 0 Å².